The molecule has 1 atom stereocenters. The molecule has 1 aliphatic heterocycles. The molecule has 1 saturated heterocycles. The van der Waals surface area contributed by atoms with E-state index in [1.54, 1.807) is 26.1 Å². The van der Waals surface area contributed by atoms with Gasteiger partial charge in [-0.05, 0) is 42.7 Å². The molecule has 4 amide bonds. The van der Waals surface area contributed by atoms with Crippen LogP contribution in [0.3, 0.4) is 0 Å². The molecule has 1 fully saturated rings. The summed E-state index contributed by atoms with van der Waals surface area (Å²) in [4.78, 5) is 40.6. The number of carbonyl (C=O) groups excluding carboxylic acids is 3. The molecular formula is C21H21Cl2N3O3. The summed E-state index contributed by atoms with van der Waals surface area (Å²) < 4.78 is 0. The van der Waals surface area contributed by atoms with Crippen LogP contribution in [0.1, 0.15) is 23.6 Å². The number of likely N-dealkylation sites (N-methyl/N-ethyl adjacent to an activating group) is 1. The minimum absolute atomic E-state index is 0.278. The van der Waals surface area contributed by atoms with E-state index < -0.39 is 17.5 Å². The number of benzene rings is 2. The first-order chi connectivity index (χ1) is 13.6. The molecule has 0 radical (unpaired) electrons. The number of carbonyl (C=O) groups is 3. The summed E-state index contributed by atoms with van der Waals surface area (Å²) in [7, 11) is 1.64. The van der Waals surface area contributed by atoms with E-state index in [0.29, 0.717) is 17.1 Å². The number of nitrogens with one attached hydrogen (secondary N) is 1. The van der Waals surface area contributed by atoms with Crippen LogP contribution >= 0.6 is 23.2 Å². The number of nitrogens with zero attached hydrogens (tertiary/aromatic N) is 2. The van der Waals surface area contributed by atoms with Gasteiger partial charge in [0, 0.05) is 13.6 Å². The normalized spacial score (nSPS) is 18.7. The van der Waals surface area contributed by atoms with E-state index in [1.807, 2.05) is 31.2 Å². The lowest BCUT2D eigenvalue weighted by atomic mass is 9.92. The fraction of sp³-hybridized carbons (Fsp3) is 0.286. The lowest BCUT2D eigenvalue weighted by Crippen LogP contribution is -2.43. The number of aryl methyl sites for hydroxylation is 1. The maximum absolute atomic E-state index is 13.0. The smallest absolute Gasteiger partial charge is 0.325 e. The molecule has 3 rings (SSSR count). The molecule has 0 aliphatic carbocycles. The zero-order valence-corrected chi connectivity index (χ0v) is 17.8. The fourth-order valence-corrected chi connectivity index (χ4v) is 3.53. The minimum atomic E-state index is -1.32. The summed E-state index contributed by atoms with van der Waals surface area (Å²) in [6, 6.07) is 11.8. The largest absolute Gasteiger partial charge is 0.340 e. The minimum Gasteiger partial charge on any atom is -0.340 e. The Balaban J connectivity index is 1.75. The molecule has 8 heteroatoms. The van der Waals surface area contributed by atoms with Gasteiger partial charge in [-0.25, -0.2) is 4.79 Å². The Hall–Kier alpha value is -2.57. The van der Waals surface area contributed by atoms with E-state index in [2.05, 4.69) is 5.32 Å². The van der Waals surface area contributed by atoms with Crippen molar-refractivity contribution < 1.29 is 14.4 Å². The van der Waals surface area contributed by atoms with Gasteiger partial charge in [-0.15, -0.1) is 0 Å². The van der Waals surface area contributed by atoms with Gasteiger partial charge in [0.25, 0.3) is 5.91 Å². The number of rotatable bonds is 5. The highest BCUT2D eigenvalue weighted by molar-refractivity contribution is 6.42. The van der Waals surface area contributed by atoms with Crippen LogP contribution in [0.25, 0.3) is 0 Å². The van der Waals surface area contributed by atoms with Crippen molar-refractivity contribution in [1.29, 1.82) is 0 Å². The lowest BCUT2D eigenvalue weighted by Gasteiger charge is -2.24. The quantitative estimate of drug-likeness (QED) is 0.730. The first kappa shape index (κ1) is 21.1. The molecule has 1 unspecified atom stereocenters. The first-order valence-corrected chi connectivity index (χ1v) is 9.77. The van der Waals surface area contributed by atoms with E-state index >= 15 is 0 Å². The van der Waals surface area contributed by atoms with E-state index in [4.69, 9.17) is 23.2 Å². The van der Waals surface area contributed by atoms with Gasteiger partial charge in [0.1, 0.15) is 12.1 Å². The molecule has 0 spiro atoms. The summed E-state index contributed by atoms with van der Waals surface area (Å²) in [6.07, 6.45) is 0. The summed E-state index contributed by atoms with van der Waals surface area (Å²) >= 11 is 12.0. The molecule has 2 aromatic rings. The maximum Gasteiger partial charge on any atom is 0.325 e. The summed E-state index contributed by atoms with van der Waals surface area (Å²) in [5.41, 5.74) is 1.24. The van der Waals surface area contributed by atoms with Gasteiger partial charge in [-0.1, -0.05) is 53.5 Å². The highest BCUT2D eigenvalue weighted by Gasteiger charge is 2.49. The number of halogens is 2. The average Bonchev–Trinajstić information content (AvgIpc) is 2.89. The van der Waals surface area contributed by atoms with Gasteiger partial charge in [0.2, 0.25) is 5.91 Å². The Kier molecular flexibility index (Phi) is 5.87. The number of amides is 4. The Morgan fingerprint density at radius 3 is 2.48 bits per heavy atom. The van der Waals surface area contributed by atoms with Gasteiger partial charge in [-0.2, -0.15) is 0 Å². The van der Waals surface area contributed by atoms with Crippen LogP contribution in [-0.2, 0) is 21.7 Å². The van der Waals surface area contributed by atoms with Crippen molar-refractivity contribution in [3.63, 3.8) is 0 Å². The SMILES string of the molecule is Cc1ccccc1CN(C)C(=O)CN1C(=O)NC(C)(c2ccc(Cl)c(Cl)c2)C1=O. The molecule has 1 N–H and O–H groups in total. The van der Waals surface area contributed by atoms with Crippen LogP contribution < -0.4 is 5.32 Å². The van der Waals surface area contributed by atoms with Gasteiger partial charge in [0.15, 0.2) is 0 Å². The van der Waals surface area contributed by atoms with E-state index in [9.17, 15) is 14.4 Å². The van der Waals surface area contributed by atoms with Gasteiger partial charge in [0.05, 0.1) is 10.0 Å². The Morgan fingerprint density at radius 2 is 1.83 bits per heavy atom. The second-order valence-corrected chi connectivity index (χ2v) is 8.07. The van der Waals surface area contributed by atoms with Crippen molar-refractivity contribution in [2.24, 2.45) is 0 Å². The molecule has 0 bridgehead atoms. The highest BCUT2D eigenvalue weighted by atomic mass is 35.5. The monoisotopic (exact) mass is 433 g/mol. The van der Waals surface area contributed by atoms with Crippen molar-refractivity contribution in [2.45, 2.75) is 25.9 Å². The summed E-state index contributed by atoms with van der Waals surface area (Å²) in [5.74, 6) is -0.853. The Labute approximate surface area is 179 Å². The molecule has 0 aromatic heterocycles. The molecule has 2 aromatic carbocycles. The Bertz CT molecular complexity index is 995. The third-order valence-corrected chi connectivity index (χ3v) is 5.90. The standard InChI is InChI=1S/C21H21Cl2N3O3/c1-13-6-4-5-7-14(13)11-25(3)18(27)12-26-19(28)21(2,24-20(26)29)15-8-9-16(22)17(23)10-15/h4-10H,11-12H2,1-3H3,(H,24,29). The topological polar surface area (TPSA) is 69.7 Å². The van der Waals surface area contributed by atoms with Gasteiger partial charge >= 0.3 is 6.03 Å². The van der Waals surface area contributed by atoms with E-state index in [-0.39, 0.29) is 17.5 Å². The predicted molar refractivity (Wildman–Crippen MR) is 112 cm³/mol. The third kappa shape index (κ3) is 4.09. The lowest BCUT2D eigenvalue weighted by molar-refractivity contribution is -0.138. The zero-order valence-electron chi connectivity index (χ0n) is 16.3. The average molecular weight is 434 g/mol. The van der Waals surface area contributed by atoms with Crippen LogP contribution in [-0.4, -0.2) is 41.2 Å². The molecular weight excluding hydrogens is 413 g/mol. The van der Waals surface area contributed by atoms with Crippen molar-refractivity contribution in [2.75, 3.05) is 13.6 Å². The Morgan fingerprint density at radius 1 is 1.14 bits per heavy atom. The highest BCUT2D eigenvalue weighted by Crippen LogP contribution is 2.33. The first-order valence-electron chi connectivity index (χ1n) is 9.01. The second-order valence-electron chi connectivity index (χ2n) is 7.25. The van der Waals surface area contributed by atoms with Gasteiger partial charge < -0.3 is 10.2 Å². The van der Waals surface area contributed by atoms with Crippen LogP contribution in [0.5, 0.6) is 0 Å². The fourth-order valence-electron chi connectivity index (χ4n) is 3.23. The van der Waals surface area contributed by atoms with Crippen molar-refractivity contribution in [3.05, 3.63) is 69.2 Å². The van der Waals surface area contributed by atoms with Gasteiger partial charge in [-0.3, -0.25) is 14.5 Å². The summed E-state index contributed by atoms with van der Waals surface area (Å²) in [6.45, 7) is 3.59. The zero-order chi connectivity index (χ0) is 21.3. The van der Waals surface area contributed by atoms with Crippen LogP contribution in [0, 0.1) is 6.92 Å². The summed E-state index contributed by atoms with van der Waals surface area (Å²) in [5, 5.41) is 3.29. The van der Waals surface area contributed by atoms with Crippen molar-refractivity contribution >= 4 is 41.0 Å². The van der Waals surface area contributed by atoms with E-state index in [0.717, 1.165) is 16.0 Å². The second kappa shape index (κ2) is 8.05. The van der Waals surface area contributed by atoms with Crippen LogP contribution in [0.15, 0.2) is 42.5 Å². The molecule has 29 heavy (non-hydrogen) atoms. The molecule has 1 aliphatic rings. The van der Waals surface area contributed by atoms with E-state index in [1.165, 1.54) is 11.0 Å². The van der Waals surface area contributed by atoms with Crippen molar-refractivity contribution in [1.82, 2.24) is 15.1 Å². The van der Waals surface area contributed by atoms with Crippen molar-refractivity contribution in [3.8, 4) is 0 Å². The number of imide groups is 1. The number of hydrogen-bond acceptors (Lipinski definition) is 3. The molecule has 6 nitrogen and oxygen atoms in total. The molecule has 1 heterocycles. The molecule has 0 saturated carbocycles. The number of hydrogen-bond donors (Lipinski definition) is 1. The molecule has 152 valence electrons. The maximum atomic E-state index is 13.0. The predicted octanol–water partition coefficient (Wildman–Crippen LogP) is 3.73. The number of urea groups is 1. The van der Waals surface area contributed by atoms with Crippen LogP contribution in [0.2, 0.25) is 10.0 Å². The van der Waals surface area contributed by atoms with Crippen LogP contribution in [0.4, 0.5) is 4.79 Å². The third-order valence-electron chi connectivity index (χ3n) is 5.16.